The first-order valence-corrected chi connectivity index (χ1v) is 10.4. The Hall–Kier alpha value is -3.34. The molecule has 0 unspecified atom stereocenters. The third-order valence-corrected chi connectivity index (χ3v) is 5.35. The first kappa shape index (κ1) is 20.6. The number of aromatic nitrogens is 6. The highest BCUT2D eigenvalue weighted by Gasteiger charge is 2.29. The summed E-state index contributed by atoms with van der Waals surface area (Å²) in [4.78, 5) is 18.4. The number of benzene rings is 1. The number of fused-ring (bicyclic) bond motifs is 2. The molecule has 0 radical (unpaired) electrons. The van der Waals surface area contributed by atoms with Crippen molar-refractivity contribution in [1.29, 1.82) is 0 Å². The lowest BCUT2D eigenvalue weighted by Crippen LogP contribution is -2.37. The van der Waals surface area contributed by atoms with E-state index in [1.165, 1.54) is 0 Å². The molecule has 1 aliphatic rings. The first-order chi connectivity index (χ1) is 15.2. The van der Waals surface area contributed by atoms with Crippen molar-refractivity contribution in [2.24, 2.45) is 0 Å². The molecule has 3 heterocycles. The number of nitrogens with one attached hydrogen (secondary N) is 2. The predicted octanol–water partition coefficient (Wildman–Crippen LogP) is 2.98. The van der Waals surface area contributed by atoms with Crippen LogP contribution in [0.3, 0.4) is 0 Å². The van der Waals surface area contributed by atoms with E-state index in [4.69, 9.17) is 4.98 Å². The van der Waals surface area contributed by atoms with Crippen LogP contribution in [-0.2, 0) is 6.54 Å². The van der Waals surface area contributed by atoms with Crippen LogP contribution in [0.25, 0.3) is 16.7 Å². The zero-order valence-corrected chi connectivity index (χ0v) is 18.0. The topological polar surface area (TPSA) is 107 Å². The van der Waals surface area contributed by atoms with Crippen molar-refractivity contribution in [2.75, 3.05) is 23.8 Å². The molecule has 1 fully saturated rings. The number of aliphatic hydroxyl groups is 1. The molecule has 11 heteroatoms. The van der Waals surface area contributed by atoms with Crippen molar-refractivity contribution < 1.29 is 13.9 Å². The van der Waals surface area contributed by atoms with Gasteiger partial charge in [-0.05, 0) is 32.6 Å². The van der Waals surface area contributed by atoms with E-state index in [9.17, 15) is 13.9 Å². The third-order valence-electron chi connectivity index (χ3n) is 5.35. The quantitative estimate of drug-likeness (QED) is 0.404. The van der Waals surface area contributed by atoms with Crippen LogP contribution in [0.15, 0.2) is 18.3 Å². The Morgan fingerprint density at radius 2 is 1.97 bits per heavy atom. The van der Waals surface area contributed by atoms with Gasteiger partial charge in [-0.3, -0.25) is 0 Å². The fourth-order valence-corrected chi connectivity index (χ4v) is 3.81. The average Bonchev–Trinajstić information content (AvgIpc) is 3.34. The Bertz CT molecular complexity index is 1270. The second-order valence-electron chi connectivity index (χ2n) is 8.95. The highest BCUT2D eigenvalue weighted by atomic mass is 19.2. The number of halogens is 2. The van der Waals surface area contributed by atoms with E-state index >= 15 is 0 Å². The molecular weight excluding hydrogens is 418 g/mol. The first-order valence-electron chi connectivity index (χ1n) is 10.4. The van der Waals surface area contributed by atoms with Crippen LogP contribution in [0.4, 0.5) is 20.7 Å². The van der Waals surface area contributed by atoms with Gasteiger partial charge in [-0.15, -0.1) is 0 Å². The monoisotopic (exact) mass is 442 g/mol. The van der Waals surface area contributed by atoms with Gasteiger partial charge in [0, 0.05) is 31.3 Å². The predicted molar refractivity (Wildman–Crippen MR) is 116 cm³/mol. The van der Waals surface area contributed by atoms with Crippen molar-refractivity contribution in [1.82, 2.24) is 29.5 Å². The van der Waals surface area contributed by atoms with Gasteiger partial charge < -0.3 is 20.3 Å². The van der Waals surface area contributed by atoms with E-state index in [0.717, 1.165) is 36.2 Å². The van der Waals surface area contributed by atoms with Gasteiger partial charge in [0.25, 0.3) is 0 Å². The van der Waals surface area contributed by atoms with E-state index in [0.29, 0.717) is 41.2 Å². The number of nitrogens with zero attached hydrogens (tertiary/aromatic N) is 6. The number of anilines is 2. The highest BCUT2D eigenvalue weighted by Crippen LogP contribution is 2.42. The maximum Gasteiger partial charge on any atom is 0.230 e. The molecule has 32 heavy (non-hydrogen) atoms. The van der Waals surface area contributed by atoms with Crippen molar-refractivity contribution >= 4 is 28.6 Å². The number of imidazole rings is 1. The summed E-state index contributed by atoms with van der Waals surface area (Å²) in [5.41, 5.74) is 1.62. The minimum Gasteiger partial charge on any atom is -0.389 e. The van der Waals surface area contributed by atoms with Crippen molar-refractivity contribution in [2.45, 2.75) is 44.8 Å². The van der Waals surface area contributed by atoms with Crippen LogP contribution in [0, 0.1) is 11.6 Å². The molecule has 5 rings (SSSR count). The second kappa shape index (κ2) is 7.37. The van der Waals surface area contributed by atoms with E-state index < -0.39 is 17.2 Å². The van der Waals surface area contributed by atoms with Gasteiger partial charge in [-0.2, -0.15) is 19.6 Å². The molecule has 0 bridgehead atoms. The number of hydrogen-bond donors (Lipinski definition) is 3. The summed E-state index contributed by atoms with van der Waals surface area (Å²) in [6.07, 6.45) is 4.03. The largest absolute Gasteiger partial charge is 0.389 e. The molecular formula is C21H24F2N8O. The maximum absolute atomic E-state index is 13.5. The molecule has 3 N–H and O–H groups in total. The highest BCUT2D eigenvalue weighted by molar-refractivity contribution is 5.75. The van der Waals surface area contributed by atoms with Crippen LogP contribution in [0.5, 0.6) is 0 Å². The van der Waals surface area contributed by atoms with Gasteiger partial charge in [-0.1, -0.05) is 0 Å². The summed E-state index contributed by atoms with van der Waals surface area (Å²) in [5.74, 6) is -0.0115. The summed E-state index contributed by atoms with van der Waals surface area (Å²) in [6, 6.07) is 2.15. The van der Waals surface area contributed by atoms with E-state index in [1.807, 2.05) is 13.2 Å². The van der Waals surface area contributed by atoms with Crippen LogP contribution in [0.2, 0.25) is 0 Å². The van der Waals surface area contributed by atoms with Crippen molar-refractivity contribution in [3.05, 3.63) is 41.4 Å². The van der Waals surface area contributed by atoms with Crippen molar-refractivity contribution in [3.8, 4) is 0 Å². The smallest absolute Gasteiger partial charge is 0.230 e. The molecule has 0 saturated heterocycles. The summed E-state index contributed by atoms with van der Waals surface area (Å²) < 4.78 is 28.7. The molecule has 1 aliphatic carbocycles. The fraction of sp³-hybridized carbons (Fsp3) is 0.429. The van der Waals surface area contributed by atoms with Gasteiger partial charge in [0.2, 0.25) is 11.9 Å². The summed E-state index contributed by atoms with van der Waals surface area (Å²) in [7, 11) is 1.82. The molecule has 4 aromatic rings. The molecule has 0 atom stereocenters. The Balaban J connectivity index is 1.48. The normalized spacial score (nSPS) is 14.4. The zero-order valence-electron chi connectivity index (χ0n) is 18.0. The number of H-pyrrole nitrogens is 1. The standard InChI is InChI=1S/C21H24F2N8O/c1-21(2,32)10-30(3)20-28-18-12(11-4-5-11)8-25-31(18)19(29-20)24-9-17-26-15-6-13(22)14(23)7-16(15)27-17/h6-8,11,32H,4-5,9-10H2,1-3H3,(H,26,27)(H,24,28,29). The third kappa shape index (κ3) is 3.95. The van der Waals surface area contributed by atoms with Gasteiger partial charge in [0.1, 0.15) is 5.82 Å². The van der Waals surface area contributed by atoms with Crippen LogP contribution < -0.4 is 10.2 Å². The Labute approximate surface area is 182 Å². The van der Waals surface area contributed by atoms with Crippen LogP contribution in [-0.4, -0.2) is 53.9 Å². The fourth-order valence-electron chi connectivity index (χ4n) is 3.81. The van der Waals surface area contributed by atoms with Gasteiger partial charge >= 0.3 is 0 Å². The summed E-state index contributed by atoms with van der Waals surface area (Å²) in [6.45, 7) is 4.03. The molecule has 0 amide bonds. The SMILES string of the molecule is CN(CC(C)(C)O)c1nc(NCc2nc3cc(F)c(F)cc3[nH]2)n2ncc(C3CC3)c2n1. The number of likely N-dealkylation sites (N-methyl/N-ethyl adjacent to an activating group) is 1. The van der Waals surface area contributed by atoms with Crippen molar-refractivity contribution in [3.63, 3.8) is 0 Å². The number of rotatable bonds is 7. The maximum atomic E-state index is 13.5. The lowest BCUT2D eigenvalue weighted by Gasteiger charge is -2.25. The zero-order chi connectivity index (χ0) is 22.6. The lowest BCUT2D eigenvalue weighted by molar-refractivity contribution is 0.0883. The van der Waals surface area contributed by atoms with Gasteiger partial charge in [0.05, 0.1) is 29.4 Å². The van der Waals surface area contributed by atoms with Crippen LogP contribution in [0.1, 0.15) is 44.0 Å². The minimum atomic E-state index is -0.940. The number of aromatic amines is 1. The van der Waals surface area contributed by atoms with E-state index in [1.54, 1.807) is 23.3 Å². The Kier molecular flexibility index (Phi) is 4.73. The lowest BCUT2D eigenvalue weighted by atomic mass is 10.1. The summed E-state index contributed by atoms with van der Waals surface area (Å²) >= 11 is 0. The van der Waals surface area contributed by atoms with Gasteiger partial charge in [0.15, 0.2) is 17.3 Å². The molecule has 1 aromatic carbocycles. The summed E-state index contributed by atoms with van der Waals surface area (Å²) in [5, 5.41) is 17.9. The van der Waals surface area contributed by atoms with E-state index in [2.05, 4.69) is 25.4 Å². The molecule has 1 saturated carbocycles. The molecule has 0 aliphatic heterocycles. The van der Waals surface area contributed by atoms with E-state index in [-0.39, 0.29) is 6.54 Å². The molecule has 0 spiro atoms. The molecule has 9 nitrogen and oxygen atoms in total. The molecule has 168 valence electrons. The molecule has 3 aromatic heterocycles. The van der Waals surface area contributed by atoms with Gasteiger partial charge in [-0.25, -0.2) is 13.8 Å². The Morgan fingerprint density at radius 1 is 1.22 bits per heavy atom. The average molecular weight is 442 g/mol. The number of hydrogen-bond acceptors (Lipinski definition) is 7. The van der Waals surface area contributed by atoms with Crippen LogP contribution >= 0.6 is 0 Å². The Morgan fingerprint density at radius 3 is 2.69 bits per heavy atom. The minimum absolute atomic E-state index is 0.233. The second-order valence-corrected chi connectivity index (χ2v) is 8.95.